The molecule has 0 radical (unpaired) electrons. The molecular weight excluding hydrogens is 324 g/mol. The minimum Gasteiger partial charge on any atom is -0.497 e. The van der Waals surface area contributed by atoms with Crippen molar-refractivity contribution < 1.29 is 23.8 Å². The molecule has 7 heteroatoms. The Morgan fingerprint density at radius 1 is 1.24 bits per heavy atom. The molecule has 1 aromatic carbocycles. The Kier molecular flexibility index (Phi) is 6.79. The zero-order valence-corrected chi connectivity index (χ0v) is 13.8. The van der Waals surface area contributed by atoms with Crippen LogP contribution in [0.2, 0.25) is 0 Å². The first-order valence-corrected chi connectivity index (χ1v) is 7.73. The highest BCUT2D eigenvalue weighted by molar-refractivity contribution is 6.04. The van der Waals surface area contributed by atoms with Gasteiger partial charge in [0, 0.05) is 13.2 Å². The number of aliphatic hydroxyl groups excluding tert-OH is 1. The number of aliphatic hydroxyl groups is 1. The van der Waals surface area contributed by atoms with Crippen LogP contribution in [0.25, 0.3) is 6.08 Å². The van der Waals surface area contributed by atoms with Crippen molar-refractivity contribution in [3.05, 3.63) is 59.7 Å². The highest BCUT2D eigenvalue weighted by Crippen LogP contribution is 2.14. The van der Waals surface area contributed by atoms with E-state index in [0.29, 0.717) is 24.3 Å². The number of carbonyl (C=O) groups excluding carboxylic acids is 2. The van der Waals surface area contributed by atoms with Crippen molar-refractivity contribution in [1.82, 2.24) is 10.6 Å². The molecule has 0 unspecified atom stereocenters. The summed E-state index contributed by atoms with van der Waals surface area (Å²) in [6, 6.07) is 10.1. The molecule has 2 rings (SSSR count). The number of furan rings is 1. The van der Waals surface area contributed by atoms with E-state index < -0.39 is 11.8 Å². The largest absolute Gasteiger partial charge is 0.497 e. The van der Waals surface area contributed by atoms with Crippen LogP contribution in [0.4, 0.5) is 0 Å². The van der Waals surface area contributed by atoms with E-state index >= 15 is 0 Å². The molecule has 0 saturated carbocycles. The number of amides is 2. The molecule has 3 N–H and O–H groups in total. The van der Waals surface area contributed by atoms with Crippen molar-refractivity contribution >= 4 is 17.9 Å². The van der Waals surface area contributed by atoms with Gasteiger partial charge in [-0.2, -0.15) is 0 Å². The molecule has 0 atom stereocenters. The summed E-state index contributed by atoms with van der Waals surface area (Å²) in [5.74, 6) is -0.194. The van der Waals surface area contributed by atoms with Crippen LogP contribution in [0.5, 0.6) is 5.75 Å². The fourth-order valence-corrected chi connectivity index (χ4v) is 1.99. The van der Waals surface area contributed by atoms with Crippen LogP contribution in [-0.4, -0.2) is 37.2 Å². The predicted octanol–water partition coefficient (Wildman–Crippen LogP) is 1.56. The second-order valence-corrected chi connectivity index (χ2v) is 5.10. The van der Waals surface area contributed by atoms with Crippen LogP contribution in [0.1, 0.15) is 22.5 Å². The smallest absolute Gasteiger partial charge is 0.291 e. The summed E-state index contributed by atoms with van der Waals surface area (Å²) in [5.41, 5.74) is 0.789. The van der Waals surface area contributed by atoms with E-state index in [2.05, 4.69) is 10.6 Å². The van der Waals surface area contributed by atoms with Gasteiger partial charge in [-0.1, -0.05) is 12.1 Å². The molecule has 0 aliphatic rings. The molecule has 1 aromatic heterocycles. The van der Waals surface area contributed by atoms with Gasteiger partial charge in [-0.3, -0.25) is 9.59 Å². The number of benzene rings is 1. The SMILES string of the molecule is COc1ccc(C=C(NC(=O)c2ccco2)C(=O)NCCCO)cc1. The zero-order valence-electron chi connectivity index (χ0n) is 13.8. The minimum absolute atomic E-state index is 0.0312. The number of methoxy groups -OCH3 is 1. The van der Waals surface area contributed by atoms with E-state index in [-0.39, 0.29) is 18.1 Å². The third-order valence-electron chi connectivity index (χ3n) is 3.29. The Morgan fingerprint density at radius 2 is 2.00 bits per heavy atom. The molecule has 0 fully saturated rings. The molecule has 0 spiro atoms. The molecule has 2 amide bonds. The minimum atomic E-state index is -0.526. The third kappa shape index (κ3) is 5.50. The monoisotopic (exact) mass is 344 g/mol. The second-order valence-electron chi connectivity index (χ2n) is 5.10. The number of ether oxygens (including phenoxy) is 1. The van der Waals surface area contributed by atoms with Crippen LogP contribution in [0.3, 0.4) is 0 Å². The first kappa shape index (κ1) is 18.3. The Bertz CT molecular complexity index is 720. The molecule has 1 heterocycles. The van der Waals surface area contributed by atoms with Gasteiger partial charge in [-0.25, -0.2) is 0 Å². The van der Waals surface area contributed by atoms with E-state index in [1.54, 1.807) is 43.5 Å². The Balaban J connectivity index is 2.18. The van der Waals surface area contributed by atoms with Gasteiger partial charge < -0.3 is 24.9 Å². The van der Waals surface area contributed by atoms with E-state index in [9.17, 15) is 9.59 Å². The topological polar surface area (TPSA) is 101 Å². The van der Waals surface area contributed by atoms with Crippen LogP contribution in [-0.2, 0) is 4.79 Å². The Morgan fingerprint density at radius 3 is 2.60 bits per heavy atom. The molecule has 0 saturated heterocycles. The van der Waals surface area contributed by atoms with Gasteiger partial charge in [0.1, 0.15) is 11.4 Å². The lowest BCUT2D eigenvalue weighted by atomic mass is 10.1. The van der Waals surface area contributed by atoms with E-state index in [4.69, 9.17) is 14.3 Å². The number of hydrogen-bond acceptors (Lipinski definition) is 5. The predicted molar refractivity (Wildman–Crippen MR) is 91.9 cm³/mol. The number of hydrogen-bond donors (Lipinski definition) is 3. The van der Waals surface area contributed by atoms with Crippen LogP contribution in [0.15, 0.2) is 52.8 Å². The summed E-state index contributed by atoms with van der Waals surface area (Å²) in [5, 5.41) is 14.0. The molecule has 2 aromatic rings. The van der Waals surface area contributed by atoms with Crippen LogP contribution in [0, 0.1) is 0 Å². The van der Waals surface area contributed by atoms with Crippen molar-refractivity contribution in [2.45, 2.75) is 6.42 Å². The first-order valence-electron chi connectivity index (χ1n) is 7.73. The van der Waals surface area contributed by atoms with Crippen LogP contribution < -0.4 is 15.4 Å². The lowest BCUT2D eigenvalue weighted by molar-refractivity contribution is -0.117. The van der Waals surface area contributed by atoms with Crippen molar-refractivity contribution in [1.29, 1.82) is 0 Å². The van der Waals surface area contributed by atoms with Gasteiger partial charge >= 0.3 is 0 Å². The second kappa shape index (κ2) is 9.29. The average molecular weight is 344 g/mol. The highest BCUT2D eigenvalue weighted by Gasteiger charge is 2.16. The van der Waals surface area contributed by atoms with E-state index in [1.165, 1.54) is 12.3 Å². The van der Waals surface area contributed by atoms with Gasteiger partial charge in [0.15, 0.2) is 5.76 Å². The summed E-state index contributed by atoms with van der Waals surface area (Å²) in [6.07, 6.45) is 3.35. The molecule has 0 aliphatic heterocycles. The van der Waals surface area contributed by atoms with Gasteiger partial charge in [-0.05, 0) is 42.3 Å². The van der Waals surface area contributed by atoms with Gasteiger partial charge in [-0.15, -0.1) is 0 Å². The van der Waals surface area contributed by atoms with E-state index in [0.717, 1.165) is 0 Å². The lowest BCUT2D eigenvalue weighted by Gasteiger charge is -2.10. The quantitative estimate of drug-likeness (QED) is 0.498. The average Bonchev–Trinajstić information content (AvgIpc) is 3.16. The normalized spacial score (nSPS) is 11.0. The molecule has 25 heavy (non-hydrogen) atoms. The summed E-state index contributed by atoms with van der Waals surface area (Å²) in [4.78, 5) is 24.5. The molecule has 132 valence electrons. The summed E-state index contributed by atoms with van der Waals surface area (Å²) < 4.78 is 10.1. The standard InChI is InChI=1S/C18H20N2O5/c1-24-14-7-5-13(6-8-14)12-15(17(22)19-9-3-10-21)20-18(23)16-4-2-11-25-16/h2,4-8,11-12,21H,3,9-10H2,1H3,(H,19,22)(H,20,23). The zero-order chi connectivity index (χ0) is 18.1. The maximum atomic E-state index is 12.3. The van der Waals surface area contributed by atoms with Crippen molar-refractivity contribution in [2.75, 3.05) is 20.3 Å². The van der Waals surface area contributed by atoms with Crippen molar-refractivity contribution in [2.24, 2.45) is 0 Å². The fourth-order valence-electron chi connectivity index (χ4n) is 1.99. The van der Waals surface area contributed by atoms with Gasteiger partial charge in [0.05, 0.1) is 13.4 Å². The number of nitrogens with one attached hydrogen (secondary N) is 2. The maximum Gasteiger partial charge on any atom is 0.291 e. The van der Waals surface area contributed by atoms with Gasteiger partial charge in [0.2, 0.25) is 0 Å². The summed E-state index contributed by atoms with van der Waals surface area (Å²) in [7, 11) is 1.56. The Hall–Kier alpha value is -3.06. The number of carbonyl (C=O) groups is 2. The summed E-state index contributed by atoms with van der Waals surface area (Å²) in [6.45, 7) is 0.266. The van der Waals surface area contributed by atoms with E-state index in [1.807, 2.05) is 0 Å². The lowest BCUT2D eigenvalue weighted by Crippen LogP contribution is -2.35. The Labute approximate surface area is 145 Å². The highest BCUT2D eigenvalue weighted by atomic mass is 16.5. The molecule has 0 aliphatic carbocycles. The molecule has 0 bridgehead atoms. The molecular formula is C18H20N2O5. The maximum absolute atomic E-state index is 12.3. The molecule has 7 nitrogen and oxygen atoms in total. The fraction of sp³-hybridized carbons (Fsp3) is 0.222. The number of rotatable bonds is 8. The summed E-state index contributed by atoms with van der Waals surface area (Å²) >= 11 is 0. The first-order chi connectivity index (χ1) is 12.1. The van der Waals surface area contributed by atoms with Crippen molar-refractivity contribution in [3.8, 4) is 5.75 Å². The third-order valence-corrected chi connectivity index (χ3v) is 3.29. The van der Waals surface area contributed by atoms with Gasteiger partial charge in [0.25, 0.3) is 11.8 Å². The van der Waals surface area contributed by atoms with Crippen LogP contribution >= 0.6 is 0 Å². The van der Waals surface area contributed by atoms with Crippen molar-refractivity contribution in [3.63, 3.8) is 0 Å².